The Hall–Kier alpha value is -2.95. The Morgan fingerprint density at radius 2 is 1.67 bits per heavy atom. The molecule has 0 saturated heterocycles. The predicted molar refractivity (Wildman–Crippen MR) is 122 cm³/mol. The third-order valence-corrected chi connectivity index (χ3v) is 6.83. The van der Waals surface area contributed by atoms with E-state index in [1.165, 1.54) is 23.1 Å². The van der Waals surface area contributed by atoms with Crippen LogP contribution in [0.25, 0.3) is 10.7 Å². The molecule has 0 aliphatic rings. The quantitative estimate of drug-likeness (QED) is 0.398. The molecule has 0 aliphatic heterocycles. The van der Waals surface area contributed by atoms with E-state index < -0.39 is 0 Å². The predicted octanol–water partition coefficient (Wildman–Crippen LogP) is 4.59. The molecule has 3 aromatic heterocycles. The molecule has 7 nitrogen and oxygen atoms in total. The van der Waals surface area contributed by atoms with Gasteiger partial charge in [0.25, 0.3) is 5.91 Å². The maximum absolute atomic E-state index is 12.3. The van der Waals surface area contributed by atoms with Gasteiger partial charge in [-0.15, -0.1) is 32.9 Å². The van der Waals surface area contributed by atoms with Crippen molar-refractivity contribution in [2.24, 2.45) is 7.05 Å². The summed E-state index contributed by atoms with van der Waals surface area (Å²) in [5.74, 6) is 0.709. The molecule has 4 aromatic rings. The molecule has 10 heteroatoms. The number of carbonyl (C=O) groups excluding carboxylic acids is 2. The van der Waals surface area contributed by atoms with Crippen molar-refractivity contribution in [3.8, 4) is 10.7 Å². The highest BCUT2D eigenvalue weighted by molar-refractivity contribution is 7.99. The van der Waals surface area contributed by atoms with E-state index in [0.717, 1.165) is 10.7 Å². The minimum absolute atomic E-state index is 0.143. The van der Waals surface area contributed by atoms with Crippen molar-refractivity contribution in [1.29, 1.82) is 0 Å². The number of rotatable bonds is 7. The van der Waals surface area contributed by atoms with Crippen LogP contribution in [0.1, 0.15) is 9.67 Å². The van der Waals surface area contributed by atoms with Gasteiger partial charge in [0, 0.05) is 18.4 Å². The second-order valence-corrected chi connectivity index (χ2v) is 9.03. The van der Waals surface area contributed by atoms with E-state index in [0.29, 0.717) is 21.4 Å². The molecular weight excluding hydrogens is 438 g/mol. The van der Waals surface area contributed by atoms with Crippen molar-refractivity contribution in [2.45, 2.75) is 5.16 Å². The van der Waals surface area contributed by atoms with Crippen molar-refractivity contribution in [3.05, 3.63) is 64.2 Å². The highest BCUT2D eigenvalue weighted by atomic mass is 32.2. The number of amides is 2. The average molecular weight is 456 g/mol. The van der Waals surface area contributed by atoms with E-state index in [1.54, 1.807) is 41.7 Å². The number of anilines is 2. The molecule has 0 unspecified atom stereocenters. The van der Waals surface area contributed by atoms with Crippen LogP contribution in [0.4, 0.5) is 11.4 Å². The maximum atomic E-state index is 12.3. The molecule has 0 aliphatic carbocycles. The first-order chi connectivity index (χ1) is 14.6. The second kappa shape index (κ2) is 9.24. The van der Waals surface area contributed by atoms with Gasteiger partial charge in [-0.25, -0.2) is 0 Å². The van der Waals surface area contributed by atoms with Gasteiger partial charge in [0.05, 0.1) is 15.5 Å². The Morgan fingerprint density at radius 1 is 0.967 bits per heavy atom. The third kappa shape index (κ3) is 4.78. The van der Waals surface area contributed by atoms with E-state index in [9.17, 15) is 9.59 Å². The number of benzene rings is 1. The zero-order valence-electron chi connectivity index (χ0n) is 15.9. The molecule has 152 valence electrons. The summed E-state index contributed by atoms with van der Waals surface area (Å²) in [6.07, 6.45) is 0. The topological polar surface area (TPSA) is 88.9 Å². The Balaban J connectivity index is 1.30. The lowest BCUT2D eigenvalue weighted by atomic mass is 10.2. The normalized spacial score (nSPS) is 10.7. The third-order valence-electron chi connectivity index (χ3n) is 4.08. The molecule has 0 bridgehead atoms. The first kappa shape index (κ1) is 20.3. The molecule has 2 N–H and O–H groups in total. The van der Waals surface area contributed by atoms with Gasteiger partial charge in [-0.2, -0.15) is 0 Å². The zero-order valence-corrected chi connectivity index (χ0v) is 18.3. The molecule has 0 spiro atoms. The van der Waals surface area contributed by atoms with Crippen LogP contribution in [-0.2, 0) is 11.8 Å². The summed E-state index contributed by atoms with van der Waals surface area (Å²) in [6, 6.07) is 14.6. The highest BCUT2D eigenvalue weighted by Gasteiger charge is 2.14. The number of hydrogen-bond donors (Lipinski definition) is 2. The minimum atomic E-state index is -0.149. The smallest absolute Gasteiger partial charge is 0.265 e. The molecular formula is C20H17N5O2S3. The van der Waals surface area contributed by atoms with Crippen LogP contribution in [0.3, 0.4) is 0 Å². The zero-order chi connectivity index (χ0) is 20.9. The summed E-state index contributed by atoms with van der Waals surface area (Å²) in [5, 5.41) is 18.6. The fourth-order valence-corrected chi connectivity index (χ4v) is 4.70. The van der Waals surface area contributed by atoms with Gasteiger partial charge in [-0.05, 0) is 47.2 Å². The average Bonchev–Trinajstić information content (AvgIpc) is 3.50. The van der Waals surface area contributed by atoms with Crippen LogP contribution < -0.4 is 10.6 Å². The minimum Gasteiger partial charge on any atom is -0.325 e. The molecule has 2 amide bonds. The van der Waals surface area contributed by atoms with Crippen molar-refractivity contribution in [2.75, 3.05) is 16.4 Å². The lowest BCUT2D eigenvalue weighted by molar-refractivity contribution is -0.113. The van der Waals surface area contributed by atoms with Gasteiger partial charge in [0.2, 0.25) is 5.91 Å². The Labute approximate surface area is 185 Å². The molecule has 0 atom stereocenters. The number of nitrogens with zero attached hydrogens (tertiary/aromatic N) is 3. The van der Waals surface area contributed by atoms with Crippen molar-refractivity contribution >= 4 is 57.6 Å². The largest absolute Gasteiger partial charge is 0.325 e. The van der Waals surface area contributed by atoms with Crippen molar-refractivity contribution in [1.82, 2.24) is 14.8 Å². The van der Waals surface area contributed by atoms with Crippen molar-refractivity contribution in [3.63, 3.8) is 0 Å². The Kier molecular flexibility index (Phi) is 6.26. The van der Waals surface area contributed by atoms with Crippen LogP contribution in [-0.4, -0.2) is 32.3 Å². The Bertz CT molecular complexity index is 1140. The number of carbonyl (C=O) groups is 2. The van der Waals surface area contributed by atoms with Crippen LogP contribution in [0, 0.1) is 0 Å². The summed E-state index contributed by atoms with van der Waals surface area (Å²) in [7, 11) is 1.89. The first-order valence-electron chi connectivity index (χ1n) is 8.91. The first-order valence-corrected chi connectivity index (χ1v) is 11.7. The number of aromatic nitrogens is 3. The van der Waals surface area contributed by atoms with Gasteiger partial charge < -0.3 is 15.2 Å². The molecule has 0 saturated carbocycles. The molecule has 30 heavy (non-hydrogen) atoms. The standard InChI is InChI=1S/C20H17N5O2S3/c1-25-18(15-4-2-10-28-15)23-24-20(25)30-12-17(26)21-13-6-8-14(9-7-13)22-19(27)16-5-3-11-29-16/h2-11H,12H2,1H3,(H,21,26)(H,22,27). The number of thioether (sulfide) groups is 1. The second-order valence-electron chi connectivity index (χ2n) is 6.19. The monoisotopic (exact) mass is 455 g/mol. The van der Waals surface area contributed by atoms with Gasteiger partial charge in [-0.1, -0.05) is 23.9 Å². The summed E-state index contributed by atoms with van der Waals surface area (Å²) in [5.41, 5.74) is 1.33. The molecule has 4 rings (SSSR count). The number of thiophene rings is 2. The van der Waals surface area contributed by atoms with Crippen LogP contribution >= 0.6 is 34.4 Å². The van der Waals surface area contributed by atoms with E-state index in [-0.39, 0.29) is 17.6 Å². The molecule has 3 heterocycles. The van der Waals surface area contributed by atoms with E-state index >= 15 is 0 Å². The van der Waals surface area contributed by atoms with E-state index in [1.807, 2.05) is 40.6 Å². The number of nitrogens with one attached hydrogen (secondary N) is 2. The van der Waals surface area contributed by atoms with Gasteiger partial charge in [0.1, 0.15) is 0 Å². The van der Waals surface area contributed by atoms with E-state index in [4.69, 9.17) is 0 Å². The van der Waals surface area contributed by atoms with Gasteiger partial charge in [0.15, 0.2) is 11.0 Å². The highest BCUT2D eigenvalue weighted by Crippen LogP contribution is 2.26. The summed E-state index contributed by atoms with van der Waals surface area (Å²) < 4.78 is 1.88. The van der Waals surface area contributed by atoms with Crippen molar-refractivity contribution < 1.29 is 9.59 Å². The molecule has 0 radical (unpaired) electrons. The maximum Gasteiger partial charge on any atom is 0.265 e. The number of hydrogen-bond acceptors (Lipinski definition) is 7. The summed E-state index contributed by atoms with van der Waals surface area (Å²) in [6.45, 7) is 0. The fourth-order valence-electron chi connectivity index (χ4n) is 2.63. The van der Waals surface area contributed by atoms with Gasteiger partial charge >= 0.3 is 0 Å². The van der Waals surface area contributed by atoms with E-state index in [2.05, 4.69) is 20.8 Å². The van der Waals surface area contributed by atoms with Crippen LogP contribution in [0.2, 0.25) is 0 Å². The summed E-state index contributed by atoms with van der Waals surface area (Å²) >= 11 is 4.31. The lowest BCUT2D eigenvalue weighted by Crippen LogP contribution is -2.14. The molecule has 0 fully saturated rings. The fraction of sp³-hybridized carbons (Fsp3) is 0.100. The van der Waals surface area contributed by atoms with Crippen LogP contribution in [0.15, 0.2) is 64.4 Å². The Morgan fingerprint density at radius 3 is 2.33 bits per heavy atom. The lowest BCUT2D eigenvalue weighted by Gasteiger charge is -2.07. The molecule has 1 aromatic carbocycles. The SMILES string of the molecule is Cn1c(SCC(=O)Nc2ccc(NC(=O)c3cccs3)cc2)nnc1-c1cccs1. The van der Waals surface area contributed by atoms with Crippen LogP contribution in [0.5, 0.6) is 0 Å². The summed E-state index contributed by atoms with van der Waals surface area (Å²) in [4.78, 5) is 26.1. The van der Waals surface area contributed by atoms with Gasteiger partial charge in [-0.3, -0.25) is 9.59 Å².